The Morgan fingerprint density at radius 3 is 2.26 bits per heavy atom. The summed E-state index contributed by atoms with van der Waals surface area (Å²) in [5.41, 5.74) is -0.523. The molecule has 0 saturated carbocycles. The first-order valence-electron chi connectivity index (χ1n) is 7.85. The van der Waals surface area contributed by atoms with Crippen molar-refractivity contribution in [2.45, 2.75) is 57.5 Å². The summed E-state index contributed by atoms with van der Waals surface area (Å²) in [6.45, 7) is 5.76. The number of amides is 1. The van der Waals surface area contributed by atoms with E-state index in [0.29, 0.717) is 19.6 Å². The highest BCUT2D eigenvalue weighted by Crippen LogP contribution is 2.25. The number of aliphatic hydroxyl groups is 1. The molecule has 4 nitrogen and oxygen atoms in total. The quantitative estimate of drug-likeness (QED) is 0.843. The van der Waals surface area contributed by atoms with E-state index in [9.17, 15) is 9.90 Å². The zero-order chi connectivity index (χ0) is 13.7. The van der Waals surface area contributed by atoms with Gasteiger partial charge in [-0.2, -0.15) is 0 Å². The summed E-state index contributed by atoms with van der Waals surface area (Å²) in [5.74, 6) is 0.250. The normalized spacial score (nSPS) is 24.4. The van der Waals surface area contributed by atoms with Gasteiger partial charge in [0.15, 0.2) is 0 Å². The first-order valence-corrected chi connectivity index (χ1v) is 7.85. The maximum atomic E-state index is 12.2. The minimum absolute atomic E-state index is 0.250. The highest BCUT2D eigenvalue weighted by molar-refractivity contribution is 5.78. The van der Waals surface area contributed by atoms with Crippen LogP contribution in [-0.2, 0) is 4.79 Å². The van der Waals surface area contributed by atoms with Crippen LogP contribution in [0.1, 0.15) is 51.9 Å². The molecule has 1 amide bonds. The molecule has 19 heavy (non-hydrogen) atoms. The number of nitrogens with zero attached hydrogens (tertiary/aromatic N) is 2. The third kappa shape index (κ3) is 4.18. The van der Waals surface area contributed by atoms with E-state index in [1.807, 2.05) is 4.90 Å². The highest BCUT2D eigenvalue weighted by Gasteiger charge is 2.41. The number of hydrogen-bond acceptors (Lipinski definition) is 3. The number of hydrogen-bond donors (Lipinski definition) is 1. The van der Waals surface area contributed by atoms with E-state index in [4.69, 9.17) is 0 Å². The zero-order valence-corrected chi connectivity index (χ0v) is 12.2. The Labute approximate surface area is 116 Å². The molecule has 4 heteroatoms. The van der Waals surface area contributed by atoms with Gasteiger partial charge in [0.25, 0.3) is 0 Å². The van der Waals surface area contributed by atoms with E-state index < -0.39 is 5.60 Å². The molecule has 0 aromatic heterocycles. The minimum Gasteiger partial charge on any atom is -0.387 e. The van der Waals surface area contributed by atoms with Crippen LogP contribution in [0.25, 0.3) is 0 Å². The van der Waals surface area contributed by atoms with Gasteiger partial charge in [0, 0.05) is 26.2 Å². The van der Waals surface area contributed by atoms with Crippen LogP contribution in [0.3, 0.4) is 0 Å². The standard InChI is InChI=1S/C15H28N2O2/c1-2-8-15(19)12-16(13-15)11-14(18)17-9-6-4-3-5-7-10-17/h19H,2-13H2,1H3. The zero-order valence-electron chi connectivity index (χ0n) is 12.2. The minimum atomic E-state index is -0.523. The van der Waals surface area contributed by atoms with Crippen LogP contribution >= 0.6 is 0 Å². The average Bonchev–Trinajstić information content (AvgIpc) is 2.26. The smallest absolute Gasteiger partial charge is 0.236 e. The number of carbonyl (C=O) groups excluding carboxylic acids is 1. The number of β-amino-alcohol motifs (C(OH)–C–C–N with tert-alkyl or cyclic N) is 1. The fourth-order valence-corrected chi connectivity index (χ4v) is 3.31. The number of rotatable bonds is 4. The molecule has 2 fully saturated rings. The second-order valence-corrected chi connectivity index (χ2v) is 6.27. The second-order valence-electron chi connectivity index (χ2n) is 6.27. The number of likely N-dealkylation sites (tertiary alicyclic amines) is 2. The molecule has 0 radical (unpaired) electrons. The first-order chi connectivity index (χ1) is 9.13. The van der Waals surface area contributed by atoms with E-state index in [0.717, 1.165) is 38.8 Å². The average molecular weight is 268 g/mol. The summed E-state index contributed by atoms with van der Waals surface area (Å²) < 4.78 is 0. The lowest BCUT2D eigenvalue weighted by Gasteiger charge is -2.46. The Morgan fingerprint density at radius 1 is 1.11 bits per heavy atom. The topological polar surface area (TPSA) is 43.8 Å². The van der Waals surface area contributed by atoms with Crippen LogP contribution in [-0.4, -0.2) is 59.1 Å². The van der Waals surface area contributed by atoms with Crippen molar-refractivity contribution in [1.82, 2.24) is 9.80 Å². The fourth-order valence-electron chi connectivity index (χ4n) is 3.31. The molecule has 2 rings (SSSR count). The molecule has 2 heterocycles. The summed E-state index contributed by atoms with van der Waals surface area (Å²) >= 11 is 0. The monoisotopic (exact) mass is 268 g/mol. The molecular formula is C15H28N2O2. The number of carbonyl (C=O) groups is 1. The van der Waals surface area contributed by atoms with Crippen molar-refractivity contribution in [3.8, 4) is 0 Å². The molecule has 2 aliphatic heterocycles. The van der Waals surface area contributed by atoms with Gasteiger partial charge in [-0.1, -0.05) is 32.6 Å². The molecule has 2 saturated heterocycles. The van der Waals surface area contributed by atoms with Gasteiger partial charge in [0.2, 0.25) is 5.91 Å². The van der Waals surface area contributed by atoms with Crippen LogP contribution in [0, 0.1) is 0 Å². The Hall–Kier alpha value is -0.610. The molecule has 0 aromatic rings. The Morgan fingerprint density at radius 2 is 1.68 bits per heavy atom. The van der Waals surface area contributed by atoms with Crippen molar-refractivity contribution in [2.75, 3.05) is 32.7 Å². The molecule has 0 aromatic carbocycles. The summed E-state index contributed by atoms with van der Waals surface area (Å²) in [5, 5.41) is 10.1. The lowest BCUT2D eigenvalue weighted by atomic mass is 9.89. The van der Waals surface area contributed by atoms with Gasteiger partial charge >= 0.3 is 0 Å². The Bertz CT molecular complexity index is 293. The van der Waals surface area contributed by atoms with Crippen LogP contribution in [0.15, 0.2) is 0 Å². The predicted molar refractivity (Wildman–Crippen MR) is 76.0 cm³/mol. The highest BCUT2D eigenvalue weighted by atomic mass is 16.3. The molecule has 0 unspecified atom stereocenters. The largest absolute Gasteiger partial charge is 0.387 e. The van der Waals surface area contributed by atoms with Crippen LogP contribution in [0.4, 0.5) is 0 Å². The van der Waals surface area contributed by atoms with Crippen molar-refractivity contribution in [2.24, 2.45) is 0 Å². The lowest BCUT2D eigenvalue weighted by Crippen LogP contribution is -2.63. The second kappa shape index (κ2) is 6.71. The van der Waals surface area contributed by atoms with E-state index in [2.05, 4.69) is 11.8 Å². The van der Waals surface area contributed by atoms with Crippen LogP contribution < -0.4 is 0 Å². The molecule has 0 spiro atoms. The van der Waals surface area contributed by atoms with Crippen molar-refractivity contribution in [3.63, 3.8) is 0 Å². The van der Waals surface area contributed by atoms with Gasteiger partial charge in [0.1, 0.15) is 0 Å². The van der Waals surface area contributed by atoms with E-state index in [1.54, 1.807) is 0 Å². The van der Waals surface area contributed by atoms with Crippen molar-refractivity contribution >= 4 is 5.91 Å². The summed E-state index contributed by atoms with van der Waals surface area (Å²) in [6, 6.07) is 0. The molecule has 1 N–H and O–H groups in total. The van der Waals surface area contributed by atoms with Gasteiger partial charge in [-0.3, -0.25) is 9.69 Å². The van der Waals surface area contributed by atoms with Crippen LogP contribution in [0.5, 0.6) is 0 Å². The van der Waals surface area contributed by atoms with E-state index in [1.165, 1.54) is 19.3 Å². The molecule has 0 aliphatic carbocycles. The maximum absolute atomic E-state index is 12.2. The fraction of sp³-hybridized carbons (Fsp3) is 0.933. The Kier molecular flexibility index (Phi) is 5.22. The lowest BCUT2D eigenvalue weighted by molar-refractivity contribution is -0.142. The third-order valence-corrected chi connectivity index (χ3v) is 4.32. The molecule has 110 valence electrons. The molecular weight excluding hydrogens is 240 g/mol. The summed E-state index contributed by atoms with van der Waals surface area (Å²) in [4.78, 5) is 16.3. The van der Waals surface area contributed by atoms with Gasteiger partial charge < -0.3 is 10.0 Å². The predicted octanol–water partition coefficient (Wildman–Crippen LogP) is 1.63. The van der Waals surface area contributed by atoms with Crippen molar-refractivity contribution < 1.29 is 9.90 Å². The SMILES string of the molecule is CCCC1(O)CN(CC(=O)N2CCCCCCC2)C1. The molecule has 0 atom stereocenters. The van der Waals surface area contributed by atoms with Gasteiger partial charge in [-0.05, 0) is 19.3 Å². The van der Waals surface area contributed by atoms with Crippen molar-refractivity contribution in [1.29, 1.82) is 0 Å². The van der Waals surface area contributed by atoms with Gasteiger partial charge in [-0.15, -0.1) is 0 Å². The molecule has 0 bridgehead atoms. The molecule has 2 aliphatic rings. The van der Waals surface area contributed by atoms with E-state index >= 15 is 0 Å². The van der Waals surface area contributed by atoms with Gasteiger partial charge in [-0.25, -0.2) is 0 Å². The summed E-state index contributed by atoms with van der Waals surface area (Å²) in [6.07, 6.45) is 7.97. The third-order valence-electron chi connectivity index (χ3n) is 4.32. The maximum Gasteiger partial charge on any atom is 0.236 e. The first kappa shape index (κ1) is 14.8. The van der Waals surface area contributed by atoms with Crippen LogP contribution in [0.2, 0.25) is 0 Å². The Balaban J connectivity index is 1.72. The summed E-state index contributed by atoms with van der Waals surface area (Å²) in [7, 11) is 0. The van der Waals surface area contributed by atoms with E-state index in [-0.39, 0.29) is 5.91 Å². The van der Waals surface area contributed by atoms with Gasteiger partial charge in [0.05, 0.1) is 12.1 Å². The van der Waals surface area contributed by atoms with Crippen molar-refractivity contribution in [3.05, 3.63) is 0 Å².